The van der Waals surface area contributed by atoms with E-state index < -0.39 is 16.8 Å². The minimum Gasteiger partial charge on any atom is -0.410 e. The van der Waals surface area contributed by atoms with E-state index in [1.165, 1.54) is 12.1 Å². The van der Waals surface area contributed by atoms with Gasteiger partial charge in [-0.15, -0.1) is 0 Å². The average molecular weight is 330 g/mol. The van der Waals surface area contributed by atoms with Crippen molar-refractivity contribution in [3.8, 4) is 0 Å². The van der Waals surface area contributed by atoms with Gasteiger partial charge in [0.05, 0.1) is 5.56 Å². The molecule has 4 nitrogen and oxygen atoms in total. The molecule has 3 heterocycles. The summed E-state index contributed by atoms with van der Waals surface area (Å²) in [5, 5.41) is 10.8. The molecule has 0 aromatic heterocycles. The summed E-state index contributed by atoms with van der Waals surface area (Å²) in [4.78, 5) is 2.26. The minimum absolute atomic E-state index is 0.188. The highest BCUT2D eigenvalue weighted by Gasteiger charge is 2.38. The lowest BCUT2D eigenvalue weighted by Gasteiger charge is -2.48. The summed E-state index contributed by atoms with van der Waals surface area (Å²) in [5.74, 6) is -1.53. The third-order valence-corrected chi connectivity index (χ3v) is 5.14. The fourth-order valence-corrected chi connectivity index (χ4v) is 3.75. The van der Waals surface area contributed by atoms with Crippen molar-refractivity contribution >= 4 is 16.8 Å². The highest BCUT2D eigenvalue weighted by Crippen LogP contribution is 2.33. The van der Waals surface area contributed by atoms with Gasteiger partial charge in [0.25, 0.3) is 0 Å². The maximum atomic E-state index is 14.2. The van der Waals surface area contributed by atoms with Gasteiger partial charge in [0.2, 0.25) is 0 Å². The van der Waals surface area contributed by atoms with Crippen LogP contribution in [0.5, 0.6) is 0 Å². The van der Waals surface area contributed by atoms with Crippen molar-refractivity contribution in [3.05, 3.63) is 34.9 Å². The second-order valence-electron chi connectivity index (χ2n) is 6.09. The summed E-state index contributed by atoms with van der Waals surface area (Å²) < 4.78 is 28.2. The van der Waals surface area contributed by atoms with Gasteiger partial charge in [-0.25, -0.2) is 8.78 Å². The van der Waals surface area contributed by atoms with Crippen molar-refractivity contribution in [3.63, 3.8) is 0 Å². The zero-order chi connectivity index (χ0) is 15.9. The van der Waals surface area contributed by atoms with Crippen molar-refractivity contribution in [2.24, 2.45) is 16.8 Å². The van der Waals surface area contributed by atoms with E-state index in [-0.39, 0.29) is 17.6 Å². The van der Waals surface area contributed by atoms with Gasteiger partial charge in [0, 0.05) is 18.6 Å². The Bertz CT molecular complexity index is 611. The van der Waals surface area contributed by atoms with Gasteiger partial charge in [-0.05, 0) is 43.4 Å². The Labute approximate surface area is 132 Å². The van der Waals surface area contributed by atoms with Crippen LogP contribution in [0.4, 0.5) is 8.78 Å². The molecule has 3 aliphatic heterocycles. The monoisotopic (exact) mass is 329 g/mol. The highest BCUT2D eigenvalue weighted by molar-refractivity contribution is 6.69. The first kappa shape index (κ1) is 15.6. The van der Waals surface area contributed by atoms with Crippen LogP contribution < -0.4 is 5.73 Å². The van der Waals surface area contributed by atoms with Crippen LogP contribution in [-0.4, -0.2) is 40.5 Å². The molecule has 3 unspecified atom stereocenters. The number of fused-ring (bicyclic) bond motifs is 3. The Morgan fingerprint density at radius 2 is 2.18 bits per heavy atom. The number of hydrogen-bond donors (Lipinski definition) is 2. The number of nitrogens with two attached hydrogens (primary N) is 1. The Hall–Kier alpha value is -1.24. The van der Waals surface area contributed by atoms with Crippen LogP contribution >= 0.6 is 11.6 Å². The molecule has 2 bridgehead atoms. The normalized spacial score (nSPS) is 31.5. The van der Waals surface area contributed by atoms with E-state index in [2.05, 4.69) is 10.1 Å². The molecule has 3 saturated heterocycles. The predicted octanol–water partition coefficient (Wildman–Crippen LogP) is 2.30. The molecule has 7 heteroatoms. The Balaban J connectivity index is 1.81. The topological polar surface area (TPSA) is 61.8 Å². The molecular formula is C15H18ClF2N3O. The van der Waals surface area contributed by atoms with Gasteiger partial charge in [-0.2, -0.15) is 0 Å². The van der Waals surface area contributed by atoms with Crippen molar-refractivity contribution in [2.45, 2.75) is 31.3 Å². The molecule has 3 aliphatic rings. The van der Waals surface area contributed by atoms with Crippen molar-refractivity contribution < 1.29 is 14.0 Å². The zero-order valence-corrected chi connectivity index (χ0v) is 12.7. The van der Waals surface area contributed by atoms with Crippen molar-refractivity contribution in [1.29, 1.82) is 0 Å². The summed E-state index contributed by atoms with van der Waals surface area (Å²) in [7, 11) is 0. The maximum Gasteiger partial charge on any atom is 0.178 e. The first-order valence-corrected chi connectivity index (χ1v) is 7.73. The molecule has 120 valence electrons. The van der Waals surface area contributed by atoms with Crippen LogP contribution in [0.15, 0.2) is 17.3 Å². The molecule has 0 amide bonds. The van der Waals surface area contributed by atoms with Gasteiger partial charge in [0.15, 0.2) is 16.8 Å². The summed E-state index contributed by atoms with van der Waals surface area (Å²) in [6.07, 6.45) is 2.44. The Morgan fingerprint density at radius 3 is 2.77 bits per heavy atom. The largest absolute Gasteiger partial charge is 0.410 e. The zero-order valence-electron chi connectivity index (χ0n) is 12.0. The Morgan fingerprint density at radius 1 is 1.41 bits per heavy atom. The van der Waals surface area contributed by atoms with E-state index >= 15 is 0 Å². The summed E-state index contributed by atoms with van der Waals surface area (Å²) >= 11 is 5.55. The molecule has 4 rings (SSSR count). The third kappa shape index (κ3) is 2.71. The van der Waals surface area contributed by atoms with E-state index in [0.29, 0.717) is 17.9 Å². The molecule has 3 fully saturated rings. The first-order valence-electron chi connectivity index (χ1n) is 7.35. The standard InChI is InChI=1S/C15H18ClF2N3O/c16-15(20-22)11-2-1-9(13(17)14(11)18)6-10-5-8-3-4-21(10)7-12(8)19/h1-2,8,10,12,22H,3-7,19H2/b20-15+/t8?,10?,12-/m0/s1. The predicted molar refractivity (Wildman–Crippen MR) is 80.3 cm³/mol. The average Bonchev–Trinajstić information content (AvgIpc) is 2.52. The lowest BCUT2D eigenvalue weighted by molar-refractivity contribution is 0.0326. The van der Waals surface area contributed by atoms with Crippen LogP contribution in [0.3, 0.4) is 0 Å². The van der Waals surface area contributed by atoms with Crippen LogP contribution in [0.2, 0.25) is 0 Å². The number of piperidine rings is 3. The maximum absolute atomic E-state index is 14.2. The highest BCUT2D eigenvalue weighted by atomic mass is 35.5. The van der Waals surface area contributed by atoms with E-state index in [9.17, 15) is 8.78 Å². The minimum atomic E-state index is -1.08. The second-order valence-corrected chi connectivity index (χ2v) is 6.45. The molecule has 4 atom stereocenters. The number of halogens is 3. The van der Waals surface area contributed by atoms with E-state index in [4.69, 9.17) is 22.5 Å². The van der Waals surface area contributed by atoms with Gasteiger partial charge < -0.3 is 10.9 Å². The van der Waals surface area contributed by atoms with Crippen LogP contribution in [0.25, 0.3) is 0 Å². The number of rotatable bonds is 3. The number of nitrogens with zero attached hydrogens (tertiary/aromatic N) is 2. The van der Waals surface area contributed by atoms with Gasteiger partial charge in [-0.1, -0.05) is 22.8 Å². The smallest absolute Gasteiger partial charge is 0.178 e. The Kier molecular flexibility index (Phi) is 4.34. The first-order chi connectivity index (χ1) is 10.5. The summed E-state index contributed by atoms with van der Waals surface area (Å²) in [6.45, 7) is 1.79. The van der Waals surface area contributed by atoms with Crippen LogP contribution in [0, 0.1) is 17.6 Å². The fraction of sp³-hybridized carbons (Fsp3) is 0.533. The molecule has 0 spiro atoms. The summed E-state index contributed by atoms with van der Waals surface area (Å²) in [6, 6.07) is 3.23. The molecule has 0 radical (unpaired) electrons. The quantitative estimate of drug-likeness (QED) is 0.508. The molecule has 3 N–H and O–H groups in total. The van der Waals surface area contributed by atoms with E-state index in [0.717, 1.165) is 25.9 Å². The van der Waals surface area contributed by atoms with Gasteiger partial charge in [0.1, 0.15) is 0 Å². The third-order valence-electron chi connectivity index (χ3n) is 4.86. The SMILES string of the molecule is N[C@H]1CN2CCC1CC2Cc1ccc(/C(Cl)=N\O)c(F)c1F. The van der Waals surface area contributed by atoms with Crippen molar-refractivity contribution in [2.75, 3.05) is 13.1 Å². The number of oxime groups is 1. The molecule has 1 aromatic carbocycles. The summed E-state index contributed by atoms with van der Waals surface area (Å²) in [5.41, 5.74) is 6.15. The lowest BCUT2D eigenvalue weighted by Crippen LogP contribution is -2.59. The van der Waals surface area contributed by atoms with Crippen molar-refractivity contribution in [1.82, 2.24) is 4.90 Å². The van der Waals surface area contributed by atoms with Crippen LogP contribution in [0.1, 0.15) is 24.0 Å². The molecule has 22 heavy (non-hydrogen) atoms. The van der Waals surface area contributed by atoms with Gasteiger partial charge in [-0.3, -0.25) is 4.90 Å². The molecule has 0 saturated carbocycles. The lowest BCUT2D eigenvalue weighted by atomic mass is 9.78. The number of hydrogen-bond acceptors (Lipinski definition) is 4. The van der Waals surface area contributed by atoms with E-state index in [1.54, 1.807) is 0 Å². The van der Waals surface area contributed by atoms with Crippen LogP contribution in [-0.2, 0) is 6.42 Å². The number of benzene rings is 1. The second kappa shape index (κ2) is 6.10. The fourth-order valence-electron chi connectivity index (χ4n) is 3.61. The van der Waals surface area contributed by atoms with Gasteiger partial charge >= 0.3 is 0 Å². The molecular weight excluding hydrogens is 312 g/mol. The molecule has 0 aliphatic carbocycles. The molecule has 1 aromatic rings. The van der Waals surface area contributed by atoms with E-state index in [1.807, 2.05) is 0 Å².